The number of para-hydroxylation sites is 1. The molecule has 0 unspecified atom stereocenters. The van der Waals surface area contributed by atoms with E-state index in [1.54, 1.807) is 0 Å². The molecule has 16 heavy (non-hydrogen) atoms. The molecule has 0 amide bonds. The highest BCUT2D eigenvalue weighted by Gasteiger charge is 2.11. The number of hydrogen-bond donors (Lipinski definition) is 0. The summed E-state index contributed by atoms with van der Waals surface area (Å²) in [6, 6.07) is 10.7. The first-order chi connectivity index (χ1) is 7.79. The van der Waals surface area contributed by atoms with Gasteiger partial charge < -0.3 is 4.57 Å². The Balaban J connectivity index is 2.64. The molecule has 0 spiro atoms. The van der Waals surface area contributed by atoms with E-state index in [0.717, 1.165) is 13.0 Å². The first-order valence-electron chi connectivity index (χ1n) is 5.73. The Labute approximate surface area is 96.1 Å². The number of nitriles is 1. The van der Waals surface area contributed by atoms with Gasteiger partial charge in [-0.1, -0.05) is 25.1 Å². The molecule has 1 aromatic carbocycles. The number of aromatic nitrogens is 1. The second-order valence-electron chi connectivity index (χ2n) is 4.00. The van der Waals surface area contributed by atoms with Crippen molar-refractivity contribution in [2.24, 2.45) is 0 Å². The molecule has 0 bridgehead atoms. The van der Waals surface area contributed by atoms with Crippen molar-refractivity contribution in [1.29, 1.82) is 5.26 Å². The van der Waals surface area contributed by atoms with Gasteiger partial charge in [-0.3, -0.25) is 0 Å². The quantitative estimate of drug-likeness (QED) is 0.766. The lowest BCUT2D eigenvalue weighted by molar-refractivity contribution is 0.702. The van der Waals surface area contributed by atoms with Crippen LogP contribution in [0.1, 0.15) is 24.6 Å². The van der Waals surface area contributed by atoms with Crippen molar-refractivity contribution in [3.05, 3.63) is 35.5 Å². The SMILES string of the molecule is CCc1c(C)c2ccccc2n1CCC#N. The van der Waals surface area contributed by atoms with E-state index < -0.39 is 0 Å². The topological polar surface area (TPSA) is 28.7 Å². The predicted octanol–water partition coefficient (Wildman–Crippen LogP) is 3.43. The van der Waals surface area contributed by atoms with Gasteiger partial charge in [0, 0.05) is 23.1 Å². The minimum Gasteiger partial charge on any atom is -0.343 e. The molecule has 0 fully saturated rings. The van der Waals surface area contributed by atoms with Crippen LogP contribution in [0, 0.1) is 18.3 Å². The second-order valence-corrected chi connectivity index (χ2v) is 4.00. The molecule has 0 aliphatic heterocycles. The largest absolute Gasteiger partial charge is 0.343 e. The molecular formula is C14H16N2. The zero-order chi connectivity index (χ0) is 11.5. The van der Waals surface area contributed by atoms with E-state index in [1.165, 1.54) is 22.2 Å². The molecule has 2 aromatic rings. The zero-order valence-corrected chi connectivity index (χ0v) is 9.83. The minimum atomic E-state index is 0.575. The second kappa shape index (κ2) is 4.40. The van der Waals surface area contributed by atoms with Crippen LogP contribution in [0.3, 0.4) is 0 Å². The van der Waals surface area contributed by atoms with Crippen LogP contribution in [0.25, 0.3) is 10.9 Å². The van der Waals surface area contributed by atoms with Crippen LogP contribution < -0.4 is 0 Å². The highest BCUT2D eigenvalue weighted by Crippen LogP contribution is 2.26. The van der Waals surface area contributed by atoms with Gasteiger partial charge >= 0.3 is 0 Å². The molecule has 0 N–H and O–H groups in total. The van der Waals surface area contributed by atoms with Crippen molar-refractivity contribution in [2.75, 3.05) is 0 Å². The summed E-state index contributed by atoms with van der Waals surface area (Å²) in [6.45, 7) is 5.14. The number of benzene rings is 1. The van der Waals surface area contributed by atoms with Crippen LogP contribution in [0.15, 0.2) is 24.3 Å². The van der Waals surface area contributed by atoms with Gasteiger partial charge in [0.1, 0.15) is 0 Å². The van der Waals surface area contributed by atoms with E-state index in [-0.39, 0.29) is 0 Å². The lowest BCUT2D eigenvalue weighted by Gasteiger charge is -2.07. The standard InChI is InChI=1S/C14H16N2/c1-3-13-11(2)12-7-4-5-8-14(12)16(13)10-6-9-15/h4-5,7-8H,3,6,10H2,1-2H3. The molecule has 0 atom stereocenters. The van der Waals surface area contributed by atoms with E-state index in [2.05, 4.69) is 48.7 Å². The van der Waals surface area contributed by atoms with Gasteiger partial charge in [-0.15, -0.1) is 0 Å². The average Bonchev–Trinajstić information content (AvgIpc) is 2.60. The Hall–Kier alpha value is -1.75. The number of fused-ring (bicyclic) bond motifs is 1. The molecule has 0 radical (unpaired) electrons. The maximum atomic E-state index is 8.71. The highest BCUT2D eigenvalue weighted by molar-refractivity contribution is 5.85. The maximum Gasteiger partial charge on any atom is 0.0640 e. The lowest BCUT2D eigenvalue weighted by atomic mass is 10.1. The Morgan fingerprint density at radius 3 is 2.75 bits per heavy atom. The van der Waals surface area contributed by atoms with Crippen LogP contribution >= 0.6 is 0 Å². The van der Waals surface area contributed by atoms with Gasteiger partial charge in [-0.2, -0.15) is 5.26 Å². The summed E-state index contributed by atoms with van der Waals surface area (Å²) >= 11 is 0. The van der Waals surface area contributed by atoms with Crippen LogP contribution in [0.2, 0.25) is 0 Å². The van der Waals surface area contributed by atoms with Crippen molar-refractivity contribution in [2.45, 2.75) is 33.2 Å². The van der Waals surface area contributed by atoms with Gasteiger partial charge in [0.25, 0.3) is 0 Å². The third-order valence-corrected chi connectivity index (χ3v) is 3.14. The van der Waals surface area contributed by atoms with E-state index in [0.29, 0.717) is 6.42 Å². The van der Waals surface area contributed by atoms with E-state index in [9.17, 15) is 0 Å². The van der Waals surface area contributed by atoms with Gasteiger partial charge in [0.05, 0.1) is 12.5 Å². The maximum absolute atomic E-state index is 8.71. The van der Waals surface area contributed by atoms with Gasteiger partial charge in [0.15, 0.2) is 0 Å². The third-order valence-electron chi connectivity index (χ3n) is 3.14. The molecule has 82 valence electrons. The summed E-state index contributed by atoms with van der Waals surface area (Å²) in [5.74, 6) is 0. The zero-order valence-electron chi connectivity index (χ0n) is 9.83. The number of aryl methyl sites for hydroxylation is 2. The molecule has 0 saturated carbocycles. The molecule has 0 aliphatic rings. The van der Waals surface area contributed by atoms with Crippen molar-refractivity contribution in [1.82, 2.24) is 4.57 Å². The van der Waals surface area contributed by atoms with E-state index in [4.69, 9.17) is 5.26 Å². The highest BCUT2D eigenvalue weighted by atomic mass is 15.0. The molecule has 1 aromatic heterocycles. The van der Waals surface area contributed by atoms with Gasteiger partial charge in [0.2, 0.25) is 0 Å². The van der Waals surface area contributed by atoms with Crippen LogP contribution in [0.5, 0.6) is 0 Å². The van der Waals surface area contributed by atoms with Crippen molar-refractivity contribution in [3.8, 4) is 6.07 Å². The summed E-state index contributed by atoms with van der Waals surface area (Å²) in [6.07, 6.45) is 1.59. The fourth-order valence-corrected chi connectivity index (χ4v) is 2.40. The molecule has 2 heteroatoms. The van der Waals surface area contributed by atoms with Crippen LogP contribution in [-0.2, 0) is 13.0 Å². The minimum absolute atomic E-state index is 0.575. The molecule has 2 rings (SSSR count). The van der Waals surface area contributed by atoms with Gasteiger partial charge in [-0.25, -0.2) is 0 Å². The predicted molar refractivity (Wildman–Crippen MR) is 66.3 cm³/mol. The Morgan fingerprint density at radius 2 is 2.06 bits per heavy atom. The molecular weight excluding hydrogens is 196 g/mol. The molecule has 2 nitrogen and oxygen atoms in total. The Kier molecular flexibility index (Phi) is 2.96. The third kappa shape index (κ3) is 1.59. The smallest absolute Gasteiger partial charge is 0.0640 e. The normalized spacial score (nSPS) is 10.6. The van der Waals surface area contributed by atoms with Crippen molar-refractivity contribution in [3.63, 3.8) is 0 Å². The first kappa shape index (κ1) is 10.8. The van der Waals surface area contributed by atoms with Crippen molar-refractivity contribution >= 4 is 10.9 Å². The van der Waals surface area contributed by atoms with Crippen LogP contribution in [0.4, 0.5) is 0 Å². The molecule has 1 heterocycles. The first-order valence-corrected chi connectivity index (χ1v) is 5.73. The lowest BCUT2D eigenvalue weighted by Crippen LogP contribution is -2.02. The van der Waals surface area contributed by atoms with Gasteiger partial charge in [-0.05, 0) is 25.0 Å². The number of rotatable bonds is 3. The number of hydrogen-bond acceptors (Lipinski definition) is 1. The summed E-state index contributed by atoms with van der Waals surface area (Å²) in [4.78, 5) is 0. The summed E-state index contributed by atoms with van der Waals surface area (Å²) < 4.78 is 2.29. The fraction of sp³-hybridized carbons (Fsp3) is 0.357. The summed E-state index contributed by atoms with van der Waals surface area (Å²) in [5, 5.41) is 10.0. The van der Waals surface area contributed by atoms with Crippen LogP contribution in [-0.4, -0.2) is 4.57 Å². The number of nitrogens with zero attached hydrogens (tertiary/aromatic N) is 2. The average molecular weight is 212 g/mol. The summed E-state index contributed by atoms with van der Waals surface area (Å²) in [7, 11) is 0. The molecule has 0 aliphatic carbocycles. The van der Waals surface area contributed by atoms with Crippen molar-refractivity contribution < 1.29 is 0 Å². The Bertz CT molecular complexity index is 544. The monoisotopic (exact) mass is 212 g/mol. The summed E-state index contributed by atoms with van der Waals surface area (Å²) in [5.41, 5.74) is 3.97. The Morgan fingerprint density at radius 1 is 1.31 bits per heavy atom. The fourth-order valence-electron chi connectivity index (χ4n) is 2.40. The molecule has 0 saturated heterocycles. The van der Waals surface area contributed by atoms with E-state index >= 15 is 0 Å². The van der Waals surface area contributed by atoms with E-state index in [1.807, 2.05) is 0 Å².